The summed E-state index contributed by atoms with van der Waals surface area (Å²) in [6.45, 7) is 0.0133. The standard InChI is InChI=1S/C9H17F3O3/c1-8(5-13,6-14)3-2-4-15-7-9(10,11)12/h13-14H,2-7H2,1H3. The minimum absolute atomic E-state index is 0.0188. The zero-order chi connectivity index (χ0) is 11.9. The fourth-order valence-electron chi connectivity index (χ4n) is 0.997. The van der Waals surface area contributed by atoms with Crippen molar-refractivity contribution < 1.29 is 28.1 Å². The van der Waals surface area contributed by atoms with E-state index in [2.05, 4.69) is 4.74 Å². The van der Waals surface area contributed by atoms with Gasteiger partial charge in [-0.1, -0.05) is 6.92 Å². The van der Waals surface area contributed by atoms with Crippen molar-refractivity contribution in [3.05, 3.63) is 0 Å². The first kappa shape index (κ1) is 14.7. The Labute approximate surface area is 86.9 Å². The van der Waals surface area contributed by atoms with Crippen molar-refractivity contribution in [1.29, 1.82) is 0 Å². The summed E-state index contributed by atoms with van der Waals surface area (Å²) >= 11 is 0. The number of alkyl halides is 3. The molecule has 0 amide bonds. The average Bonchev–Trinajstić information content (AvgIpc) is 2.15. The minimum atomic E-state index is -4.29. The first-order valence-corrected chi connectivity index (χ1v) is 4.69. The first-order chi connectivity index (χ1) is 6.83. The molecular weight excluding hydrogens is 213 g/mol. The van der Waals surface area contributed by atoms with Crippen LogP contribution >= 0.6 is 0 Å². The molecule has 2 N–H and O–H groups in total. The molecule has 0 spiro atoms. The van der Waals surface area contributed by atoms with Gasteiger partial charge in [-0.15, -0.1) is 0 Å². The molecule has 3 nitrogen and oxygen atoms in total. The predicted molar refractivity (Wildman–Crippen MR) is 48.4 cm³/mol. The van der Waals surface area contributed by atoms with E-state index in [1.807, 2.05) is 0 Å². The van der Waals surface area contributed by atoms with Gasteiger partial charge in [0, 0.05) is 12.0 Å². The van der Waals surface area contributed by atoms with Crippen LogP contribution in [-0.2, 0) is 4.74 Å². The molecule has 0 aromatic carbocycles. The first-order valence-electron chi connectivity index (χ1n) is 4.69. The van der Waals surface area contributed by atoms with Crippen LogP contribution in [0, 0.1) is 5.41 Å². The fraction of sp³-hybridized carbons (Fsp3) is 1.00. The van der Waals surface area contributed by atoms with Gasteiger partial charge in [-0.3, -0.25) is 0 Å². The van der Waals surface area contributed by atoms with Gasteiger partial charge in [0.15, 0.2) is 0 Å². The molecule has 0 saturated carbocycles. The van der Waals surface area contributed by atoms with E-state index in [0.29, 0.717) is 12.8 Å². The van der Waals surface area contributed by atoms with Crippen LogP contribution in [0.5, 0.6) is 0 Å². The smallest absolute Gasteiger partial charge is 0.396 e. The van der Waals surface area contributed by atoms with Gasteiger partial charge in [-0.2, -0.15) is 13.2 Å². The van der Waals surface area contributed by atoms with Crippen LogP contribution in [0.4, 0.5) is 13.2 Å². The third-order valence-electron chi connectivity index (χ3n) is 2.10. The predicted octanol–water partition coefficient (Wildman–Crippen LogP) is 1.34. The maximum atomic E-state index is 11.6. The molecule has 0 atom stereocenters. The van der Waals surface area contributed by atoms with Crippen LogP contribution in [0.15, 0.2) is 0 Å². The van der Waals surface area contributed by atoms with E-state index < -0.39 is 18.2 Å². The molecule has 0 rings (SSSR count). The molecule has 15 heavy (non-hydrogen) atoms. The van der Waals surface area contributed by atoms with Crippen molar-refractivity contribution >= 4 is 0 Å². The highest BCUT2D eigenvalue weighted by atomic mass is 19.4. The van der Waals surface area contributed by atoms with E-state index in [-0.39, 0.29) is 19.8 Å². The monoisotopic (exact) mass is 230 g/mol. The highest BCUT2D eigenvalue weighted by Crippen LogP contribution is 2.21. The molecule has 0 aliphatic rings. The van der Waals surface area contributed by atoms with Crippen molar-refractivity contribution in [2.75, 3.05) is 26.4 Å². The largest absolute Gasteiger partial charge is 0.411 e. The van der Waals surface area contributed by atoms with Gasteiger partial charge in [-0.25, -0.2) is 0 Å². The Hall–Kier alpha value is -0.330. The van der Waals surface area contributed by atoms with Crippen LogP contribution in [-0.4, -0.2) is 42.8 Å². The molecule has 0 aromatic heterocycles. The van der Waals surface area contributed by atoms with Gasteiger partial charge in [0.2, 0.25) is 0 Å². The molecule has 0 fully saturated rings. The van der Waals surface area contributed by atoms with E-state index in [1.165, 1.54) is 0 Å². The molecule has 0 saturated heterocycles. The third-order valence-corrected chi connectivity index (χ3v) is 2.10. The molecule has 0 unspecified atom stereocenters. The lowest BCUT2D eigenvalue weighted by molar-refractivity contribution is -0.174. The topological polar surface area (TPSA) is 49.7 Å². The molecule has 6 heteroatoms. The van der Waals surface area contributed by atoms with Crippen LogP contribution in [0.2, 0.25) is 0 Å². The summed E-state index contributed by atoms with van der Waals surface area (Å²) in [6, 6.07) is 0. The van der Waals surface area contributed by atoms with E-state index in [0.717, 1.165) is 0 Å². The van der Waals surface area contributed by atoms with Gasteiger partial charge < -0.3 is 14.9 Å². The molecule has 0 aliphatic carbocycles. The second kappa shape index (κ2) is 6.30. The Balaban J connectivity index is 3.54. The SMILES string of the molecule is CC(CO)(CO)CCCOCC(F)(F)F. The Kier molecular flexibility index (Phi) is 6.16. The highest BCUT2D eigenvalue weighted by molar-refractivity contribution is 4.71. The van der Waals surface area contributed by atoms with E-state index in [9.17, 15) is 13.2 Å². The Morgan fingerprint density at radius 1 is 1.13 bits per heavy atom. The molecular formula is C9H17F3O3. The Morgan fingerprint density at radius 3 is 2.07 bits per heavy atom. The Morgan fingerprint density at radius 2 is 1.67 bits per heavy atom. The van der Waals surface area contributed by atoms with Crippen LogP contribution in [0.3, 0.4) is 0 Å². The van der Waals surface area contributed by atoms with E-state index in [1.54, 1.807) is 6.92 Å². The fourth-order valence-corrected chi connectivity index (χ4v) is 0.997. The van der Waals surface area contributed by atoms with Crippen molar-refractivity contribution in [2.45, 2.75) is 25.9 Å². The summed E-state index contributed by atoms with van der Waals surface area (Å²) < 4.78 is 39.3. The summed E-state index contributed by atoms with van der Waals surface area (Å²) in [4.78, 5) is 0. The number of ether oxygens (including phenoxy) is 1. The van der Waals surface area contributed by atoms with Crippen molar-refractivity contribution in [3.8, 4) is 0 Å². The van der Waals surface area contributed by atoms with Crippen LogP contribution in [0.1, 0.15) is 19.8 Å². The molecule has 0 aromatic rings. The number of aliphatic hydroxyl groups excluding tert-OH is 2. The normalized spacial score (nSPS) is 13.2. The molecule has 0 heterocycles. The second-order valence-corrected chi connectivity index (χ2v) is 3.90. The summed E-state index contributed by atoms with van der Waals surface area (Å²) in [5.74, 6) is 0. The average molecular weight is 230 g/mol. The van der Waals surface area contributed by atoms with Crippen molar-refractivity contribution in [2.24, 2.45) is 5.41 Å². The third kappa shape index (κ3) is 7.58. The molecule has 0 bridgehead atoms. The molecule has 92 valence electrons. The summed E-state index contributed by atoms with van der Waals surface area (Å²) in [5.41, 5.74) is -0.637. The quantitative estimate of drug-likeness (QED) is 0.649. The number of aliphatic hydroxyl groups is 2. The maximum Gasteiger partial charge on any atom is 0.411 e. The second-order valence-electron chi connectivity index (χ2n) is 3.90. The van der Waals surface area contributed by atoms with Gasteiger partial charge in [0.05, 0.1) is 13.2 Å². The molecule has 0 radical (unpaired) electrons. The Bertz CT molecular complexity index is 166. The summed E-state index contributed by atoms with van der Waals surface area (Å²) in [5, 5.41) is 17.8. The van der Waals surface area contributed by atoms with Crippen LogP contribution in [0.25, 0.3) is 0 Å². The van der Waals surface area contributed by atoms with Crippen molar-refractivity contribution in [3.63, 3.8) is 0 Å². The summed E-state index contributed by atoms with van der Waals surface area (Å²) in [6.07, 6.45) is -3.48. The van der Waals surface area contributed by atoms with Gasteiger partial charge >= 0.3 is 6.18 Å². The van der Waals surface area contributed by atoms with E-state index >= 15 is 0 Å². The number of halogens is 3. The zero-order valence-corrected chi connectivity index (χ0v) is 8.68. The van der Waals surface area contributed by atoms with Gasteiger partial charge in [-0.05, 0) is 12.8 Å². The minimum Gasteiger partial charge on any atom is -0.396 e. The lowest BCUT2D eigenvalue weighted by Gasteiger charge is -2.24. The molecule has 0 aliphatic heterocycles. The van der Waals surface area contributed by atoms with Gasteiger partial charge in [0.1, 0.15) is 6.61 Å². The van der Waals surface area contributed by atoms with Gasteiger partial charge in [0.25, 0.3) is 0 Å². The summed E-state index contributed by atoms with van der Waals surface area (Å²) in [7, 11) is 0. The lowest BCUT2D eigenvalue weighted by atomic mass is 9.87. The van der Waals surface area contributed by atoms with E-state index in [4.69, 9.17) is 10.2 Å². The van der Waals surface area contributed by atoms with Crippen molar-refractivity contribution in [1.82, 2.24) is 0 Å². The number of rotatable bonds is 7. The highest BCUT2D eigenvalue weighted by Gasteiger charge is 2.27. The number of hydrogen-bond donors (Lipinski definition) is 2. The number of hydrogen-bond acceptors (Lipinski definition) is 3. The lowest BCUT2D eigenvalue weighted by Crippen LogP contribution is -2.26. The zero-order valence-electron chi connectivity index (χ0n) is 8.68. The maximum absolute atomic E-state index is 11.6. The van der Waals surface area contributed by atoms with Crippen LogP contribution < -0.4 is 0 Å².